The van der Waals surface area contributed by atoms with Crippen molar-refractivity contribution in [3.8, 4) is 0 Å². The monoisotopic (exact) mass is 242 g/mol. The second-order valence-corrected chi connectivity index (χ2v) is 3.43. The third-order valence-corrected chi connectivity index (χ3v) is 2.05. The average molecular weight is 242 g/mol. The van der Waals surface area contributed by atoms with E-state index in [9.17, 15) is 4.79 Å². The van der Waals surface area contributed by atoms with Gasteiger partial charge in [0.1, 0.15) is 12.4 Å². The average Bonchev–Trinajstić information content (AvgIpc) is 2.80. The number of methoxy groups -OCH3 is 1. The van der Waals surface area contributed by atoms with Crippen LogP contribution in [0.1, 0.15) is 22.7 Å². The quantitative estimate of drug-likeness (QED) is 0.461. The Kier molecular flexibility index (Phi) is 7.29. The molecule has 0 aromatic carbocycles. The van der Waals surface area contributed by atoms with Crippen LogP contribution >= 0.6 is 0 Å². The zero-order chi connectivity index (χ0) is 12.3. The highest BCUT2D eigenvalue weighted by Gasteiger charge is 2.00. The zero-order valence-corrected chi connectivity index (χ0v) is 10.0. The van der Waals surface area contributed by atoms with Gasteiger partial charge in [0.15, 0.2) is 12.0 Å². The van der Waals surface area contributed by atoms with Crippen LogP contribution in [0.15, 0.2) is 16.5 Å². The molecule has 0 aliphatic carbocycles. The first-order chi connectivity index (χ1) is 8.36. The number of hydrogen-bond donors (Lipinski definition) is 0. The molecule has 0 fully saturated rings. The van der Waals surface area contributed by atoms with Crippen LogP contribution in [0.4, 0.5) is 0 Å². The van der Waals surface area contributed by atoms with Crippen LogP contribution in [-0.2, 0) is 20.8 Å². The Labute approximate surface area is 101 Å². The molecule has 0 unspecified atom stereocenters. The molecule has 96 valence electrons. The van der Waals surface area contributed by atoms with E-state index >= 15 is 0 Å². The van der Waals surface area contributed by atoms with Crippen molar-refractivity contribution < 1.29 is 23.4 Å². The third kappa shape index (κ3) is 6.21. The Bertz CT molecular complexity index is 308. The number of rotatable bonds is 10. The highest BCUT2D eigenvalue weighted by atomic mass is 16.5. The summed E-state index contributed by atoms with van der Waals surface area (Å²) in [6.45, 7) is 2.79. The molecule has 1 rings (SSSR count). The Hall–Kier alpha value is -1.17. The molecule has 0 amide bonds. The van der Waals surface area contributed by atoms with Gasteiger partial charge in [0.25, 0.3) is 0 Å². The van der Waals surface area contributed by atoms with Crippen molar-refractivity contribution in [1.29, 1.82) is 0 Å². The fraction of sp³-hybridized carbons (Fsp3) is 0.583. The molecule has 0 radical (unpaired) electrons. The molecule has 0 atom stereocenters. The van der Waals surface area contributed by atoms with Crippen LogP contribution < -0.4 is 0 Å². The van der Waals surface area contributed by atoms with E-state index in [2.05, 4.69) is 0 Å². The van der Waals surface area contributed by atoms with Gasteiger partial charge in [-0.25, -0.2) is 0 Å². The van der Waals surface area contributed by atoms with Crippen LogP contribution in [0.2, 0.25) is 0 Å². The molecule has 17 heavy (non-hydrogen) atoms. The molecule has 0 aliphatic rings. The SMILES string of the molecule is COCCCOCCOCc1ccc(C=O)o1. The summed E-state index contributed by atoms with van der Waals surface area (Å²) in [5.74, 6) is 0.964. The Balaban J connectivity index is 1.95. The first-order valence-electron chi connectivity index (χ1n) is 5.55. The van der Waals surface area contributed by atoms with Gasteiger partial charge in [0.05, 0.1) is 13.2 Å². The number of aldehydes is 1. The maximum atomic E-state index is 10.4. The largest absolute Gasteiger partial charge is 0.456 e. The molecule has 0 saturated heterocycles. The maximum absolute atomic E-state index is 10.4. The summed E-state index contributed by atoms with van der Waals surface area (Å²) in [4.78, 5) is 10.4. The summed E-state index contributed by atoms with van der Waals surface area (Å²) in [7, 11) is 1.67. The number of hydrogen-bond acceptors (Lipinski definition) is 5. The van der Waals surface area contributed by atoms with Gasteiger partial charge < -0.3 is 18.6 Å². The summed E-state index contributed by atoms with van der Waals surface area (Å²) in [5.41, 5.74) is 0. The van der Waals surface area contributed by atoms with Crippen molar-refractivity contribution in [1.82, 2.24) is 0 Å². The molecular formula is C12H18O5. The predicted octanol–water partition coefficient (Wildman–Crippen LogP) is 1.66. The van der Waals surface area contributed by atoms with Crippen LogP contribution in [-0.4, -0.2) is 39.8 Å². The van der Waals surface area contributed by atoms with E-state index < -0.39 is 0 Å². The van der Waals surface area contributed by atoms with E-state index in [1.165, 1.54) is 0 Å². The van der Waals surface area contributed by atoms with Crippen LogP contribution in [0.5, 0.6) is 0 Å². The van der Waals surface area contributed by atoms with Gasteiger partial charge in [-0.2, -0.15) is 0 Å². The summed E-state index contributed by atoms with van der Waals surface area (Å²) >= 11 is 0. The Morgan fingerprint density at radius 1 is 1.18 bits per heavy atom. The van der Waals surface area contributed by atoms with Gasteiger partial charge in [-0.15, -0.1) is 0 Å². The lowest BCUT2D eigenvalue weighted by Gasteiger charge is -2.04. The predicted molar refractivity (Wildman–Crippen MR) is 61.1 cm³/mol. The summed E-state index contributed by atoms with van der Waals surface area (Å²) in [6, 6.07) is 3.34. The highest BCUT2D eigenvalue weighted by Crippen LogP contribution is 2.06. The first kappa shape index (κ1) is 13.9. The normalized spacial score (nSPS) is 10.6. The number of carbonyl (C=O) groups excluding carboxylic acids is 1. The summed E-state index contributed by atoms with van der Waals surface area (Å²) in [6.07, 6.45) is 1.56. The van der Waals surface area contributed by atoms with Crippen molar-refractivity contribution in [3.63, 3.8) is 0 Å². The minimum absolute atomic E-state index is 0.319. The second kappa shape index (κ2) is 8.92. The topological polar surface area (TPSA) is 57.9 Å². The molecule has 5 heteroatoms. The van der Waals surface area contributed by atoms with Gasteiger partial charge in [-0.3, -0.25) is 4.79 Å². The zero-order valence-electron chi connectivity index (χ0n) is 10.0. The van der Waals surface area contributed by atoms with Crippen LogP contribution in [0.25, 0.3) is 0 Å². The maximum Gasteiger partial charge on any atom is 0.185 e. The Morgan fingerprint density at radius 2 is 2.00 bits per heavy atom. The molecule has 0 bridgehead atoms. The van der Waals surface area contributed by atoms with Gasteiger partial charge >= 0.3 is 0 Å². The smallest absolute Gasteiger partial charge is 0.185 e. The van der Waals surface area contributed by atoms with Crippen LogP contribution in [0.3, 0.4) is 0 Å². The molecule has 0 spiro atoms. The minimum atomic E-state index is 0.319. The minimum Gasteiger partial charge on any atom is -0.456 e. The molecule has 5 nitrogen and oxygen atoms in total. The Morgan fingerprint density at radius 3 is 2.71 bits per heavy atom. The lowest BCUT2D eigenvalue weighted by atomic mass is 10.4. The molecule has 1 aromatic rings. The lowest BCUT2D eigenvalue weighted by molar-refractivity contribution is 0.0285. The van der Waals surface area contributed by atoms with E-state index in [0.717, 1.165) is 6.42 Å². The van der Waals surface area contributed by atoms with E-state index in [4.69, 9.17) is 18.6 Å². The molecule has 0 saturated carbocycles. The van der Waals surface area contributed by atoms with Crippen molar-refractivity contribution in [2.45, 2.75) is 13.0 Å². The molecule has 0 aliphatic heterocycles. The van der Waals surface area contributed by atoms with E-state index in [-0.39, 0.29) is 0 Å². The first-order valence-corrected chi connectivity index (χ1v) is 5.55. The van der Waals surface area contributed by atoms with Gasteiger partial charge in [-0.05, 0) is 18.6 Å². The number of ether oxygens (including phenoxy) is 3. The van der Waals surface area contributed by atoms with Crippen LogP contribution in [0, 0.1) is 0 Å². The molecule has 0 N–H and O–H groups in total. The lowest BCUT2D eigenvalue weighted by Crippen LogP contribution is -2.06. The van der Waals surface area contributed by atoms with E-state index in [1.54, 1.807) is 19.2 Å². The van der Waals surface area contributed by atoms with Crippen molar-refractivity contribution in [2.24, 2.45) is 0 Å². The highest BCUT2D eigenvalue weighted by molar-refractivity contribution is 5.70. The van der Waals surface area contributed by atoms with Gasteiger partial charge in [-0.1, -0.05) is 0 Å². The number of carbonyl (C=O) groups is 1. The standard InChI is InChI=1S/C12H18O5/c1-14-5-2-6-15-7-8-16-10-12-4-3-11(9-13)17-12/h3-4,9H,2,5-8,10H2,1H3. The van der Waals surface area contributed by atoms with E-state index in [1.807, 2.05) is 0 Å². The molecule has 1 aromatic heterocycles. The second-order valence-electron chi connectivity index (χ2n) is 3.43. The van der Waals surface area contributed by atoms with Gasteiger partial charge in [0.2, 0.25) is 0 Å². The van der Waals surface area contributed by atoms with Gasteiger partial charge in [0, 0.05) is 20.3 Å². The number of furan rings is 1. The fourth-order valence-corrected chi connectivity index (χ4v) is 1.23. The summed E-state index contributed by atoms with van der Waals surface area (Å²) < 4.78 is 20.7. The van der Waals surface area contributed by atoms with Crippen molar-refractivity contribution in [3.05, 3.63) is 23.7 Å². The van der Waals surface area contributed by atoms with E-state index in [0.29, 0.717) is 50.8 Å². The fourth-order valence-electron chi connectivity index (χ4n) is 1.23. The van der Waals surface area contributed by atoms with Crippen molar-refractivity contribution >= 4 is 6.29 Å². The van der Waals surface area contributed by atoms with Crippen molar-refractivity contribution in [2.75, 3.05) is 33.5 Å². The summed E-state index contributed by atoms with van der Waals surface area (Å²) in [5, 5.41) is 0. The third-order valence-electron chi connectivity index (χ3n) is 2.05. The molecule has 1 heterocycles. The molecular weight excluding hydrogens is 224 g/mol.